The maximum absolute atomic E-state index is 2.48. The predicted molar refractivity (Wildman–Crippen MR) is 174 cm³/mol. The molecule has 5 aromatic rings. The largest absolute Gasteiger partial charge is 0.0788 e. The Bertz CT molecular complexity index is 1750. The third kappa shape index (κ3) is 3.47. The minimum absolute atomic E-state index is 0. The summed E-state index contributed by atoms with van der Waals surface area (Å²) >= 11 is 0. The standard InChI is InChI=1S/C25H18.C15H14.CH4/c1-3-7-23-21(5-1)22-6-2-4-8-24(22)25(23)19-13-9-17(10-14-19)18-11-15-20(25)16-12-18;1-15(2)13-9-5-3-7-11(13)12-8-4-6-10-14(12)15;/h1-11,13-16,18H,12H2;3-10H,1-2H3;1H4. The molecule has 0 aromatic heterocycles. The monoisotopic (exact) mass is 528 g/mol. The van der Waals surface area contributed by atoms with Crippen LogP contribution in [-0.4, -0.2) is 0 Å². The average Bonchev–Trinajstić information content (AvgIpc) is 3.51. The van der Waals surface area contributed by atoms with Gasteiger partial charge in [0.15, 0.2) is 0 Å². The van der Waals surface area contributed by atoms with E-state index < -0.39 is 0 Å². The molecule has 0 heteroatoms. The van der Waals surface area contributed by atoms with Crippen molar-refractivity contribution in [3.63, 3.8) is 0 Å². The molecule has 1 unspecified atom stereocenters. The lowest BCUT2D eigenvalue weighted by Gasteiger charge is -2.35. The van der Waals surface area contributed by atoms with Crippen molar-refractivity contribution in [3.8, 4) is 22.3 Å². The zero-order valence-corrected chi connectivity index (χ0v) is 23.1. The van der Waals surface area contributed by atoms with Crippen LogP contribution in [0.5, 0.6) is 0 Å². The molecule has 0 aliphatic heterocycles. The SMILES string of the molecule is C.C1=CC2CC=C1C1(c3ccc2cc3)c2ccccc2-c2ccccc21.CC1(C)c2ccccc2-c2ccccc21. The topological polar surface area (TPSA) is 0 Å². The zero-order chi connectivity index (χ0) is 26.9. The minimum Gasteiger partial charge on any atom is -0.0788 e. The van der Waals surface area contributed by atoms with E-state index in [2.05, 4.69) is 153 Å². The fraction of sp³-hybridized carbons (Fsp3) is 0.171. The van der Waals surface area contributed by atoms with E-state index in [0.29, 0.717) is 5.92 Å². The first-order chi connectivity index (χ1) is 19.6. The molecule has 0 radical (unpaired) electrons. The summed E-state index contributed by atoms with van der Waals surface area (Å²) < 4.78 is 0. The molecule has 0 N–H and O–H groups in total. The summed E-state index contributed by atoms with van der Waals surface area (Å²) in [7, 11) is 0. The van der Waals surface area contributed by atoms with Gasteiger partial charge in [-0.25, -0.2) is 0 Å². The molecule has 0 amide bonds. The van der Waals surface area contributed by atoms with E-state index in [4.69, 9.17) is 0 Å². The molecule has 0 nitrogen and oxygen atoms in total. The first-order valence-corrected chi connectivity index (χ1v) is 14.5. The fourth-order valence-electron chi connectivity index (χ4n) is 7.82. The Morgan fingerprint density at radius 3 is 1.44 bits per heavy atom. The molecule has 12 rings (SSSR count). The van der Waals surface area contributed by atoms with Gasteiger partial charge in [-0.1, -0.05) is 161 Å². The molecule has 0 saturated heterocycles. The number of allylic oxidation sites excluding steroid dienone is 4. The Labute approximate surface area is 244 Å². The lowest BCUT2D eigenvalue weighted by molar-refractivity contribution is 0.660. The summed E-state index contributed by atoms with van der Waals surface area (Å²) in [4.78, 5) is 0. The predicted octanol–water partition coefficient (Wildman–Crippen LogP) is 10.6. The molecule has 0 saturated carbocycles. The van der Waals surface area contributed by atoms with E-state index in [9.17, 15) is 0 Å². The second-order valence-electron chi connectivity index (χ2n) is 12.0. The van der Waals surface area contributed by atoms with Crippen LogP contribution in [0.15, 0.2) is 145 Å². The first-order valence-electron chi connectivity index (χ1n) is 14.5. The van der Waals surface area contributed by atoms with Crippen LogP contribution in [-0.2, 0) is 10.8 Å². The summed E-state index contributed by atoms with van der Waals surface area (Å²) in [5.41, 5.74) is 15.5. The molecule has 5 aromatic carbocycles. The van der Waals surface area contributed by atoms with Crippen molar-refractivity contribution in [2.75, 3.05) is 0 Å². The average molecular weight is 529 g/mol. The van der Waals surface area contributed by atoms with Crippen molar-refractivity contribution in [1.29, 1.82) is 0 Å². The Morgan fingerprint density at radius 1 is 0.537 bits per heavy atom. The van der Waals surface area contributed by atoms with Gasteiger partial charge in [0.1, 0.15) is 0 Å². The van der Waals surface area contributed by atoms with Crippen molar-refractivity contribution in [1.82, 2.24) is 0 Å². The Balaban J connectivity index is 0.000000149. The molecule has 7 aliphatic carbocycles. The van der Waals surface area contributed by atoms with Crippen LogP contribution in [0.2, 0.25) is 0 Å². The second-order valence-corrected chi connectivity index (χ2v) is 12.0. The van der Waals surface area contributed by atoms with Crippen LogP contribution in [0, 0.1) is 0 Å². The van der Waals surface area contributed by atoms with Crippen molar-refractivity contribution in [2.24, 2.45) is 0 Å². The summed E-state index contributed by atoms with van der Waals surface area (Å²) in [5.74, 6) is 0.514. The molecule has 1 atom stereocenters. The number of fused-ring (bicyclic) bond motifs is 6. The first kappa shape index (κ1) is 25.5. The van der Waals surface area contributed by atoms with Crippen LogP contribution in [0.3, 0.4) is 0 Å². The maximum atomic E-state index is 2.48. The molecule has 41 heavy (non-hydrogen) atoms. The van der Waals surface area contributed by atoms with Crippen molar-refractivity contribution in [2.45, 2.75) is 44.4 Å². The van der Waals surface area contributed by atoms with E-state index in [1.54, 1.807) is 0 Å². The van der Waals surface area contributed by atoms with Crippen LogP contribution in [0.25, 0.3) is 22.3 Å². The van der Waals surface area contributed by atoms with E-state index in [1.165, 1.54) is 61.2 Å². The highest BCUT2D eigenvalue weighted by Gasteiger charge is 2.47. The quantitative estimate of drug-likeness (QED) is 0.187. The molecular formula is C41H36. The highest BCUT2D eigenvalue weighted by atomic mass is 14.5. The number of rotatable bonds is 0. The van der Waals surface area contributed by atoms with Gasteiger partial charge < -0.3 is 0 Å². The van der Waals surface area contributed by atoms with Crippen molar-refractivity contribution >= 4 is 0 Å². The van der Waals surface area contributed by atoms with Gasteiger partial charge in [0, 0.05) is 11.3 Å². The van der Waals surface area contributed by atoms with Gasteiger partial charge in [0.2, 0.25) is 0 Å². The summed E-state index contributed by atoms with van der Waals surface area (Å²) in [6.07, 6.45) is 8.35. The van der Waals surface area contributed by atoms with Crippen LogP contribution < -0.4 is 0 Å². The van der Waals surface area contributed by atoms with Gasteiger partial charge in [0.25, 0.3) is 0 Å². The molecule has 7 aliphatic rings. The summed E-state index contributed by atoms with van der Waals surface area (Å²) in [6, 6.07) is 44.7. The van der Waals surface area contributed by atoms with Gasteiger partial charge >= 0.3 is 0 Å². The van der Waals surface area contributed by atoms with E-state index in [0.717, 1.165) is 6.42 Å². The van der Waals surface area contributed by atoms with Gasteiger partial charge in [-0.3, -0.25) is 0 Å². The normalized spacial score (nSPS) is 18.4. The summed E-state index contributed by atoms with van der Waals surface area (Å²) in [5, 5.41) is 0. The Morgan fingerprint density at radius 2 is 0.976 bits per heavy atom. The van der Waals surface area contributed by atoms with Crippen molar-refractivity contribution in [3.05, 3.63) is 179 Å². The second kappa shape index (κ2) is 9.32. The molecule has 4 bridgehead atoms. The molecule has 0 heterocycles. The molecule has 0 fully saturated rings. The highest BCUT2D eigenvalue weighted by Crippen LogP contribution is 2.58. The van der Waals surface area contributed by atoms with Gasteiger partial charge in [0.05, 0.1) is 5.41 Å². The molecule has 1 spiro atoms. The number of benzene rings is 5. The lowest BCUT2D eigenvalue weighted by atomic mass is 9.66. The third-order valence-electron chi connectivity index (χ3n) is 9.75. The summed E-state index contributed by atoms with van der Waals surface area (Å²) in [6.45, 7) is 4.61. The number of hydrogen-bond donors (Lipinski definition) is 0. The smallest absolute Gasteiger partial charge is 0.0710 e. The third-order valence-corrected chi connectivity index (χ3v) is 9.75. The fourth-order valence-corrected chi connectivity index (χ4v) is 7.82. The van der Waals surface area contributed by atoms with Gasteiger partial charge in [-0.05, 0) is 67.6 Å². The Kier molecular flexibility index (Phi) is 5.80. The van der Waals surface area contributed by atoms with Gasteiger partial charge in [-0.15, -0.1) is 0 Å². The van der Waals surface area contributed by atoms with Crippen molar-refractivity contribution < 1.29 is 0 Å². The maximum Gasteiger partial charge on any atom is 0.0710 e. The van der Waals surface area contributed by atoms with Crippen LogP contribution in [0.1, 0.15) is 67.0 Å². The van der Waals surface area contributed by atoms with E-state index in [-0.39, 0.29) is 18.3 Å². The van der Waals surface area contributed by atoms with Crippen LogP contribution in [0.4, 0.5) is 0 Å². The Hall–Kier alpha value is -4.42. The minimum atomic E-state index is -0.183. The van der Waals surface area contributed by atoms with E-state index >= 15 is 0 Å². The highest BCUT2D eigenvalue weighted by molar-refractivity contribution is 5.87. The van der Waals surface area contributed by atoms with E-state index in [1.807, 2.05) is 0 Å². The van der Waals surface area contributed by atoms with Crippen LogP contribution >= 0.6 is 0 Å². The lowest BCUT2D eigenvalue weighted by Crippen LogP contribution is -2.29. The molecular weight excluding hydrogens is 492 g/mol. The molecule has 200 valence electrons. The zero-order valence-electron chi connectivity index (χ0n) is 23.1. The van der Waals surface area contributed by atoms with Gasteiger partial charge in [-0.2, -0.15) is 0 Å². The number of hydrogen-bond acceptors (Lipinski definition) is 0.